The second kappa shape index (κ2) is 8.77. The molecule has 3 aromatic rings. The number of amides is 2. The van der Waals surface area contributed by atoms with Gasteiger partial charge in [-0.25, -0.2) is 0 Å². The molecule has 0 saturated heterocycles. The molecule has 1 aromatic heterocycles. The van der Waals surface area contributed by atoms with E-state index in [0.717, 1.165) is 22.8 Å². The standard InChI is InChI=1S/C22H24N4O4/c1-22(2,21(29)23-3)13-24-20(28)12-30-19-8-7-14(11-27)9-16(19)15-5-4-6-18-17(15)10-25-26-18/h4-11H,12-13H2,1-3H3,(H,23,29)(H,24,28)(H,25,26). The van der Waals surface area contributed by atoms with Crippen molar-refractivity contribution in [3.05, 3.63) is 48.2 Å². The third-order valence-corrected chi connectivity index (χ3v) is 4.84. The summed E-state index contributed by atoms with van der Waals surface area (Å²) >= 11 is 0. The van der Waals surface area contributed by atoms with E-state index in [2.05, 4.69) is 20.8 Å². The minimum absolute atomic E-state index is 0.163. The zero-order valence-corrected chi connectivity index (χ0v) is 17.1. The van der Waals surface area contributed by atoms with E-state index in [0.29, 0.717) is 16.9 Å². The number of aromatic nitrogens is 2. The van der Waals surface area contributed by atoms with Crippen LogP contribution in [0.2, 0.25) is 0 Å². The number of rotatable bonds is 8. The van der Waals surface area contributed by atoms with E-state index in [-0.39, 0.29) is 25.0 Å². The summed E-state index contributed by atoms with van der Waals surface area (Å²) in [5, 5.41) is 13.2. The van der Waals surface area contributed by atoms with Gasteiger partial charge in [-0.3, -0.25) is 19.5 Å². The number of aromatic amines is 1. The number of ether oxygens (including phenoxy) is 1. The van der Waals surface area contributed by atoms with Crippen LogP contribution in [0.5, 0.6) is 5.75 Å². The average molecular weight is 408 g/mol. The lowest BCUT2D eigenvalue weighted by Crippen LogP contribution is -2.44. The van der Waals surface area contributed by atoms with Crippen molar-refractivity contribution in [3.63, 3.8) is 0 Å². The maximum atomic E-state index is 12.3. The Hall–Kier alpha value is -3.68. The van der Waals surface area contributed by atoms with Crippen molar-refractivity contribution in [2.75, 3.05) is 20.2 Å². The Bertz CT molecular complexity index is 1090. The number of hydrogen-bond acceptors (Lipinski definition) is 5. The number of carbonyl (C=O) groups is 3. The summed E-state index contributed by atoms with van der Waals surface area (Å²) in [5.74, 6) is -0.0439. The van der Waals surface area contributed by atoms with Gasteiger partial charge in [0, 0.05) is 30.1 Å². The van der Waals surface area contributed by atoms with Crippen molar-refractivity contribution < 1.29 is 19.1 Å². The number of nitrogens with one attached hydrogen (secondary N) is 3. The minimum atomic E-state index is -0.738. The van der Waals surface area contributed by atoms with Crippen LogP contribution in [0.25, 0.3) is 22.0 Å². The highest BCUT2D eigenvalue weighted by molar-refractivity contribution is 5.97. The molecule has 0 unspecified atom stereocenters. The highest BCUT2D eigenvalue weighted by atomic mass is 16.5. The lowest BCUT2D eigenvalue weighted by atomic mass is 9.92. The molecule has 8 heteroatoms. The van der Waals surface area contributed by atoms with Gasteiger partial charge in [0.05, 0.1) is 17.1 Å². The molecular formula is C22H24N4O4. The van der Waals surface area contributed by atoms with Gasteiger partial charge < -0.3 is 15.4 Å². The molecule has 156 valence electrons. The first-order chi connectivity index (χ1) is 14.4. The van der Waals surface area contributed by atoms with Crippen LogP contribution in [-0.2, 0) is 9.59 Å². The summed E-state index contributed by atoms with van der Waals surface area (Å²) in [4.78, 5) is 35.4. The molecule has 0 aliphatic rings. The highest BCUT2D eigenvalue weighted by Gasteiger charge is 2.27. The molecule has 0 radical (unpaired) electrons. The number of hydrogen-bond donors (Lipinski definition) is 3. The van der Waals surface area contributed by atoms with Crippen LogP contribution in [0.4, 0.5) is 0 Å². The molecule has 1 heterocycles. The van der Waals surface area contributed by atoms with Crippen molar-refractivity contribution in [2.24, 2.45) is 5.41 Å². The van der Waals surface area contributed by atoms with E-state index in [1.54, 1.807) is 45.3 Å². The normalized spacial score (nSPS) is 11.2. The Balaban J connectivity index is 1.79. The first kappa shape index (κ1) is 21.0. The quantitative estimate of drug-likeness (QED) is 0.495. The maximum absolute atomic E-state index is 12.3. The second-order valence-electron chi connectivity index (χ2n) is 7.54. The van der Waals surface area contributed by atoms with Crippen LogP contribution >= 0.6 is 0 Å². The Morgan fingerprint density at radius 3 is 2.73 bits per heavy atom. The summed E-state index contributed by atoms with van der Waals surface area (Å²) in [6.45, 7) is 3.45. The number of fused-ring (bicyclic) bond motifs is 1. The monoisotopic (exact) mass is 408 g/mol. The van der Waals surface area contributed by atoms with Gasteiger partial charge in [-0.05, 0) is 43.7 Å². The number of nitrogens with zero attached hydrogens (tertiary/aromatic N) is 1. The summed E-state index contributed by atoms with van der Waals surface area (Å²) in [7, 11) is 1.56. The van der Waals surface area contributed by atoms with Gasteiger partial charge in [-0.15, -0.1) is 0 Å². The molecule has 0 bridgehead atoms. The molecule has 3 N–H and O–H groups in total. The van der Waals surface area contributed by atoms with Gasteiger partial charge in [0.15, 0.2) is 6.61 Å². The van der Waals surface area contributed by atoms with Crippen LogP contribution < -0.4 is 15.4 Å². The van der Waals surface area contributed by atoms with Crippen molar-refractivity contribution in [3.8, 4) is 16.9 Å². The van der Waals surface area contributed by atoms with E-state index in [1.165, 1.54) is 0 Å². The van der Waals surface area contributed by atoms with Crippen molar-refractivity contribution >= 4 is 29.0 Å². The molecule has 0 fully saturated rings. The van der Waals surface area contributed by atoms with E-state index in [1.807, 2.05) is 18.2 Å². The molecule has 30 heavy (non-hydrogen) atoms. The number of aldehydes is 1. The summed E-state index contributed by atoms with van der Waals surface area (Å²) in [6.07, 6.45) is 2.46. The van der Waals surface area contributed by atoms with Crippen molar-refractivity contribution in [1.29, 1.82) is 0 Å². The largest absolute Gasteiger partial charge is 0.483 e. The van der Waals surface area contributed by atoms with Crippen LogP contribution in [0.1, 0.15) is 24.2 Å². The SMILES string of the molecule is CNC(=O)C(C)(C)CNC(=O)COc1ccc(C=O)cc1-c1cccc2[nH]ncc12. The fourth-order valence-electron chi connectivity index (χ4n) is 3.09. The molecular weight excluding hydrogens is 384 g/mol. The maximum Gasteiger partial charge on any atom is 0.257 e. The average Bonchev–Trinajstić information content (AvgIpc) is 3.24. The molecule has 0 atom stereocenters. The molecule has 3 rings (SSSR count). The minimum Gasteiger partial charge on any atom is -0.483 e. The van der Waals surface area contributed by atoms with Gasteiger partial charge >= 0.3 is 0 Å². The van der Waals surface area contributed by atoms with Gasteiger partial charge in [-0.1, -0.05) is 12.1 Å². The molecule has 0 aliphatic heterocycles. The number of carbonyl (C=O) groups excluding carboxylic acids is 3. The molecule has 0 saturated carbocycles. The first-order valence-electron chi connectivity index (χ1n) is 9.49. The van der Waals surface area contributed by atoms with E-state index >= 15 is 0 Å². The van der Waals surface area contributed by atoms with Gasteiger partial charge in [0.25, 0.3) is 5.91 Å². The zero-order valence-electron chi connectivity index (χ0n) is 17.1. The Morgan fingerprint density at radius 2 is 2.00 bits per heavy atom. The molecule has 2 aromatic carbocycles. The highest BCUT2D eigenvalue weighted by Crippen LogP contribution is 2.35. The van der Waals surface area contributed by atoms with E-state index in [9.17, 15) is 14.4 Å². The smallest absolute Gasteiger partial charge is 0.257 e. The second-order valence-corrected chi connectivity index (χ2v) is 7.54. The van der Waals surface area contributed by atoms with Crippen molar-refractivity contribution in [1.82, 2.24) is 20.8 Å². The Labute approximate surface area is 174 Å². The summed E-state index contributed by atoms with van der Waals surface area (Å²) in [6, 6.07) is 10.7. The van der Waals surface area contributed by atoms with E-state index in [4.69, 9.17) is 4.74 Å². The zero-order chi connectivity index (χ0) is 21.7. The van der Waals surface area contributed by atoms with Crippen LogP contribution in [0.15, 0.2) is 42.6 Å². The van der Waals surface area contributed by atoms with Crippen LogP contribution in [0, 0.1) is 5.41 Å². The Kier molecular flexibility index (Phi) is 6.15. The predicted molar refractivity (Wildman–Crippen MR) is 113 cm³/mol. The fourth-order valence-corrected chi connectivity index (χ4v) is 3.09. The van der Waals surface area contributed by atoms with Crippen LogP contribution in [-0.4, -0.2) is 48.5 Å². The fraction of sp³-hybridized carbons (Fsp3) is 0.273. The lowest BCUT2D eigenvalue weighted by Gasteiger charge is -2.22. The third kappa shape index (κ3) is 4.48. The number of H-pyrrole nitrogens is 1. The Morgan fingerprint density at radius 1 is 1.20 bits per heavy atom. The molecule has 0 aliphatic carbocycles. The molecule has 2 amide bonds. The van der Waals surface area contributed by atoms with Crippen LogP contribution in [0.3, 0.4) is 0 Å². The lowest BCUT2D eigenvalue weighted by molar-refractivity contribution is -0.129. The van der Waals surface area contributed by atoms with Gasteiger partial charge in [-0.2, -0.15) is 5.10 Å². The predicted octanol–water partition coefficient (Wildman–Crippen LogP) is 2.31. The van der Waals surface area contributed by atoms with Gasteiger partial charge in [0.1, 0.15) is 12.0 Å². The van der Waals surface area contributed by atoms with Crippen molar-refractivity contribution in [2.45, 2.75) is 13.8 Å². The summed E-state index contributed by atoms with van der Waals surface area (Å²) < 4.78 is 5.77. The number of benzene rings is 2. The summed E-state index contributed by atoms with van der Waals surface area (Å²) in [5.41, 5.74) is 2.13. The topological polar surface area (TPSA) is 113 Å². The van der Waals surface area contributed by atoms with E-state index < -0.39 is 5.41 Å². The first-order valence-corrected chi connectivity index (χ1v) is 9.49. The molecule has 8 nitrogen and oxygen atoms in total. The van der Waals surface area contributed by atoms with Gasteiger partial charge in [0.2, 0.25) is 5.91 Å². The molecule has 0 spiro atoms. The third-order valence-electron chi connectivity index (χ3n) is 4.84.